The van der Waals surface area contributed by atoms with Gasteiger partial charge in [-0.15, -0.1) is 0 Å². The number of hydrogen-bond acceptors (Lipinski definition) is 4. The van der Waals surface area contributed by atoms with Gasteiger partial charge in [-0.05, 0) is 13.8 Å². The Kier molecular flexibility index (Phi) is 4.99. The minimum Gasteiger partial charge on any atom is -0.480 e. The Balaban J connectivity index is 3.11. The second-order valence-electron chi connectivity index (χ2n) is 4.53. The zero-order valence-corrected chi connectivity index (χ0v) is 12.0. The Morgan fingerprint density at radius 1 is 1.48 bits per heavy atom. The number of nitrogens with zero attached hydrogens (tertiary/aromatic N) is 3. The first-order valence-corrected chi connectivity index (χ1v) is 7.20. The van der Waals surface area contributed by atoms with Crippen molar-refractivity contribution in [1.82, 2.24) is 14.1 Å². The Hall–Kier alpha value is -1.62. The molecule has 0 saturated heterocycles. The fourth-order valence-corrected chi connectivity index (χ4v) is 3.14. The first-order valence-electron chi connectivity index (χ1n) is 5.76. The number of rotatable bonds is 6. The minimum absolute atomic E-state index is 0.287. The molecule has 1 heterocycles. The van der Waals surface area contributed by atoms with E-state index in [1.165, 1.54) is 13.8 Å². The molecule has 0 aliphatic heterocycles. The molecule has 0 unspecified atom stereocenters. The van der Waals surface area contributed by atoms with E-state index in [-0.39, 0.29) is 4.31 Å². The summed E-state index contributed by atoms with van der Waals surface area (Å²) >= 11 is 0. The summed E-state index contributed by atoms with van der Waals surface area (Å²) in [7, 11) is -4.41. The van der Waals surface area contributed by atoms with Gasteiger partial charge in [0.1, 0.15) is 18.0 Å². The largest absolute Gasteiger partial charge is 0.480 e. The van der Waals surface area contributed by atoms with E-state index < -0.39 is 46.2 Å². The third-order valence-electron chi connectivity index (χ3n) is 2.42. The lowest BCUT2D eigenvalue weighted by molar-refractivity contribution is -0.139. The van der Waals surface area contributed by atoms with Crippen molar-refractivity contribution in [3.8, 4) is 0 Å². The molecule has 0 spiro atoms. The number of carbonyl (C=O) groups is 1. The van der Waals surface area contributed by atoms with Crippen LogP contribution in [0.1, 0.15) is 13.8 Å². The van der Waals surface area contributed by atoms with Crippen LogP contribution in [0.3, 0.4) is 0 Å². The van der Waals surface area contributed by atoms with Crippen LogP contribution in [-0.2, 0) is 21.4 Å². The molecule has 0 bridgehead atoms. The van der Waals surface area contributed by atoms with Crippen molar-refractivity contribution in [2.75, 3.05) is 6.54 Å². The molecule has 0 fully saturated rings. The first-order chi connectivity index (χ1) is 9.43. The molecule has 1 aromatic rings. The highest BCUT2D eigenvalue weighted by atomic mass is 32.2. The van der Waals surface area contributed by atoms with Crippen LogP contribution in [0.25, 0.3) is 0 Å². The topological polar surface area (TPSA) is 92.5 Å². The maximum atomic E-state index is 12.5. The van der Waals surface area contributed by atoms with E-state index in [2.05, 4.69) is 5.10 Å². The second kappa shape index (κ2) is 6.02. The Bertz CT molecular complexity index is 609. The van der Waals surface area contributed by atoms with Crippen LogP contribution in [0, 0.1) is 0 Å². The monoisotopic (exact) mass is 329 g/mol. The predicted molar refractivity (Wildman–Crippen MR) is 64.9 cm³/mol. The molecule has 0 aliphatic rings. The number of alkyl halides is 3. The molecule has 1 rings (SSSR count). The summed E-state index contributed by atoms with van der Waals surface area (Å²) in [6.45, 7) is 0.406. The molecule has 21 heavy (non-hydrogen) atoms. The van der Waals surface area contributed by atoms with Gasteiger partial charge in [-0.1, -0.05) is 0 Å². The molecule has 0 aliphatic carbocycles. The summed E-state index contributed by atoms with van der Waals surface area (Å²) in [5.41, 5.74) is 0. The van der Waals surface area contributed by atoms with Crippen molar-refractivity contribution in [2.24, 2.45) is 0 Å². The van der Waals surface area contributed by atoms with Gasteiger partial charge in [0.2, 0.25) is 10.0 Å². The number of aliphatic carboxylic acids is 1. The lowest BCUT2D eigenvalue weighted by Gasteiger charge is -2.26. The Morgan fingerprint density at radius 2 is 2.05 bits per heavy atom. The van der Waals surface area contributed by atoms with Crippen LogP contribution in [0.15, 0.2) is 17.3 Å². The Labute approximate surface area is 119 Å². The maximum Gasteiger partial charge on any atom is 0.402 e. The number of aromatic nitrogens is 2. The van der Waals surface area contributed by atoms with Crippen molar-refractivity contribution in [1.29, 1.82) is 0 Å². The fourth-order valence-electron chi connectivity index (χ4n) is 1.56. The molecule has 120 valence electrons. The third-order valence-corrected chi connectivity index (χ3v) is 4.40. The molecule has 0 atom stereocenters. The van der Waals surface area contributed by atoms with Gasteiger partial charge in [0.25, 0.3) is 0 Å². The van der Waals surface area contributed by atoms with Crippen LogP contribution in [0.5, 0.6) is 0 Å². The van der Waals surface area contributed by atoms with Crippen molar-refractivity contribution >= 4 is 16.0 Å². The summed E-state index contributed by atoms with van der Waals surface area (Å²) in [5.74, 6) is -1.25. The van der Waals surface area contributed by atoms with Crippen LogP contribution in [0.2, 0.25) is 0 Å². The molecule has 1 aromatic heterocycles. The average Bonchev–Trinajstić information content (AvgIpc) is 2.72. The molecular formula is C10H14F3N3O4S. The molecule has 7 nitrogen and oxygen atoms in total. The van der Waals surface area contributed by atoms with Gasteiger partial charge in [-0.3, -0.25) is 9.48 Å². The number of carboxylic acid groups (broad SMARTS) is 1. The van der Waals surface area contributed by atoms with Gasteiger partial charge in [-0.2, -0.15) is 22.6 Å². The van der Waals surface area contributed by atoms with E-state index in [1.807, 2.05) is 0 Å². The zero-order chi connectivity index (χ0) is 16.4. The van der Waals surface area contributed by atoms with Gasteiger partial charge >= 0.3 is 12.1 Å². The summed E-state index contributed by atoms with van der Waals surface area (Å²) < 4.78 is 62.9. The molecular weight excluding hydrogens is 315 g/mol. The summed E-state index contributed by atoms with van der Waals surface area (Å²) in [4.78, 5) is 10.0. The highest BCUT2D eigenvalue weighted by molar-refractivity contribution is 7.89. The van der Waals surface area contributed by atoms with E-state index in [0.29, 0.717) is 0 Å². The highest BCUT2D eigenvalue weighted by Gasteiger charge is 2.39. The van der Waals surface area contributed by atoms with Gasteiger partial charge in [-0.25, -0.2) is 8.42 Å². The van der Waals surface area contributed by atoms with E-state index in [4.69, 9.17) is 5.11 Å². The highest BCUT2D eigenvalue weighted by Crippen LogP contribution is 2.24. The number of halogens is 3. The van der Waals surface area contributed by atoms with Crippen LogP contribution in [-0.4, -0.2) is 52.3 Å². The fraction of sp³-hybridized carbons (Fsp3) is 0.600. The standard InChI is InChI=1S/C10H14F3N3O4S/c1-7(2)16(6-10(11,12)13)21(19,20)8-3-14-15(4-8)5-9(17)18/h3-4,7H,5-6H2,1-2H3,(H,17,18). The van der Waals surface area contributed by atoms with Gasteiger partial charge in [0, 0.05) is 12.2 Å². The van der Waals surface area contributed by atoms with E-state index in [9.17, 15) is 26.4 Å². The quantitative estimate of drug-likeness (QED) is 0.838. The minimum atomic E-state index is -4.69. The van der Waals surface area contributed by atoms with Crippen molar-refractivity contribution in [3.63, 3.8) is 0 Å². The number of sulfonamides is 1. The average molecular weight is 329 g/mol. The smallest absolute Gasteiger partial charge is 0.402 e. The lowest BCUT2D eigenvalue weighted by Crippen LogP contribution is -2.43. The normalized spacial score (nSPS) is 13.1. The van der Waals surface area contributed by atoms with Gasteiger partial charge < -0.3 is 5.11 Å². The van der Waals surface area contributed by atoms with Crippen LogP contribution in [0.4, 0.5) is 13.2 Å². The summed E-state index contributed by atoms with van der Waals surface area (Å²) in [6.07, 6.45) is -2.98. The third kappa shape index (κ3) is 4.70. The first kappa shape index (κ1) is 17.4. The maximum absolute atomic E-state index is 12.5. The van der Waals surface area contributed by atoms with Gasteiger partial charge in [0.05, 0.1) is 6.20 Å². The molecule has 0 aromatic carbocycles. The van der Waals surface area contributed by atoms with Crippen molar-refractivity contribution in [3.05, 3.63) is 12.4 Å². The van der Waals surface area contributed by atoms with Crippen LogP contribution < -0.4 is 0 Å². The van der Waals surface area contributed by atoms with Crippen LogP contribution >= 0.6 is 0 Å². The molecule has 0 amide bonds. The van der Waals surface area contributed by atoms with Gasteiger partial charge in [0.15, 0.2) is 0 Å². The Morgan fingerprint density at radius 3 is 2.48 bits per heavy atom. The van der Waals surface area contributed by atoms with E-state index in [1.54, 1.807) is 0 Å². The second-order valence-corrected chi connectivity index (χ2v) is 6.42. The van der Waals surface area contributed by atoms with Crippen molar-refractivity contribution < 1.29 is 31.5 Å². The SMILES string of the molecule is CC(C)N(CC(F)(F)F)S(=O)(=O)c1cnn(CC(=O)O)c1. The molecule has 11 heteroatoms. The number of hydrogen-bond donors (Lipinski definition) is 1. The predicted octanol–water partition coefficient (Wildman–Crippen LogP) is 0.929. The lowest BCUT2D eigenvalue weighted by atomic mass is 10.4. The van der Waals surface area contributed by atoms with E-state index in [0.717, 1.165) is 17.1 Å². The van der Waals surface area contributed by atoms with E-state index >= 15 is 0 Å². The zero-order valence-electron chi connectivity index (χ0n) is 11.2. The molecule has 1 N–H and O–H groups in total. The summed E-state index contributed by atoms with van der Waals surface area (Å²) in [5, 5.41) is 12.1. The number of carboxylic acids is 1. The summed E-state index contributed by atoms with van der Waals surface area (Å²) in [6, 6.07) is -0.917. The molecule has 0 saturated carbocycles. The molecule has 0 radical (unpaired) electrons. The van der Waals surface area contributed by atoms with Crippen molar-refractivity contribution in [2.45, 2.75) is 37.5 Å².